The van der Waals surface area contributed by atoms with E-state index in [1.165, 1.54) is 11.8 Å². The van der Waals surface area contributed by atoms with E-state index in [1.807, 2.05) is 45.0 Å². The maximum Gasteiger partial charge on any atom is 0.407 e. The summed E-state index contributed by atoms with van der Waals surface area (Å²) >= 11 is 1.23. The van der Waals surface area contributed by atoms with E-state index in [1.54, 1.807) is 0 Å². The second kappa shape index (κ2) is 11.4. The van der Waals surface area contributed by atoms with Gasteiger partial charge in [-0.1, -0.05) is 69.3 Å². The number of carboxylic acids is 1. The second-order valence-corrected chi connectivity index (χ2v) is 10.6. The highest BCUT2D eigenvalue weighted by Gasteiger charge is 2.30. The maximum absolute atomic E-state index is 12.7. The molecule has 3 N–H and O–H groups in total. The van der Waals surface area contributed by atoms with Crippen LogP contribution in [0.1, 0.15) is 44.2 Å². The van der Waals surface area contributed by atoms with Crippen molar-refractivity contribution >= 4 is 29.7 Å². The molecule has 0 aromatic heterocycles. The summed E-state index contributed by atoms with van der Waals surface area (Å²) in [6.07, 6.45) is -0.197. The standard InChI is InChI=1S/C26H32N2O5S/c1-26(2,3)14-22(24(31)27-12-13-34-16-23(29)30)28-25(32)33-15-21-19-10-6-4-8-17(19)18-9-5-7-11-20(18)21/h4-11,21-22H,12-16H2,1-3H3,(H,27,31)(H,28,32)(H,29,30). The van der Waals surface area contributed by atoms with Crippen molar-refractivity contribution in [1.29, 1.82) is 0 Å². The highest BCUT2D eigenvalue weighted by atomic mass is 32.2. The fourth-order valence-electron chi connectivity index (χ4n) is 4.13. The second-order valence-electron chi connectivity index (χ2n) is 9.52. The van der Waals surface area contributed by atoms with Gasteiger partial charge in [-0.2, -0.15) is 0 Å². The van der Waals surface area contributed by atoms with E-state index in [0.717, 1.165) is 22.3 Å². The molecule has 0 fully saturated rings. The Morgan fingerprint density at radius 3 is 2.18 bits per heavy atom. The van der Waals surface area contributed by atoms with Crippen LogP contribution in [0.15, 0.2) is 48.5 Å². The van der Waals surface area contributed by atoms with Gasteiger partial charge >= 0.3 is 12.1 Å². The van der Waals surface area contributed by atoms with Crippen LogP contribution in [0.2, 0.25) is 0 Å². The third-order valence-corrected chi connectivity index (χ3v) is 6.48. The minimum atomic E-state index is -0.890. The minimum Gasteiger partial charge on any atom is -0.481 e. The van der Waals surface area contributed by atoms with Crippen molar-refractivity contribution in [2.45, 2.75) is 39.2 Å². The number of ether oxygens (including phenoxy) is 1. The fraction of sp³-hybridized carbons (Fsp3) is 0.423. The number of carboxylic acid groups (broad SMARTS) is 1. The summed E-state index contributed by atoms with van der Waals surface area (Å²) in [4.78, 5) is 36.0. The first kappa shape index (κ1) is 25.6. The van der Waals surface area contributed by atoms with Crippen LogP contribution >= 0.6 is 11.8 Å². The zero-order chi connectivity index (χ0) is 24.7. The number of hydrogen-bond donors (Lipinski definition) is 3. The highest BCUT2D eigenvalue weighted by molar-refractivity contribution is 7.99. The average molecular weight is 485 g/mol. The van der Waals surface area contributed by atoms with Gasteiger partial charge in [-0.3, -0.25) is 9.59 Å². The van der Waals surface area contributed by atoms with Gasteiger partial charge < -0.3 is 20.5 Å². The molecule has 0 spiro atoms. The summed E-state index contributed by atoms with van der Waals surface area (Å²) in [7, 11) is 0. The molecular formula is C26H32N2O5S. The SMILES string of the molecule is CC(C)(C)CC(NC(=O)OCC1c2ccccc2-c2ccccc21)C(=O)NCCSCC(=O)O. The van der Waals surface area contributed by atoms with Crippen LogP contribution in [-0.2, 0) is 14.3 Å². The Morgan fingerprint density at radius 1 is 1.03 bits per heavy atom. The van der Waals surface area contributed by atoms with E-state index in [0.29, 0.717) is 18.7 Å². The lowest BCUT2D eigenvalue weighted by atomic mass is 9.88. The fourth-order valence-corrected chi connectivity index (χ4v) is 4.70. The summed E-state index contributed by atoms with van der Waals surface area (Å²) in [5.41, 5.74) is 4.35. The van der Waals surface area contributed by atoms with Gasteiger partial charge in [0.1, 0.15) is 12.6 Å². The number of rotatable bonds is 10. The third-order valence-electron chi connectivity index (χ3n) is 5.54. The first-order chi connectivity index (χ1) is 16.2. The van der Waals surface area contributed by atoms with Crippen LogP contribution in [0.5, 0.6) is 0 Å². The number of amides is 2. The highest BCUT2D eigenvalue weighted by Crippen LogP contribution is 2.44. The molecule has 1 aliphatic rings. The Labute approximate surface area is 204 Å². The van der Waals surface area contributed by atoms with Crippen LogP contribution in [0, 0.1) is 5.41 Å². The topological polar surface area (TPSA) is 105 Å². The number of aliphatic carboxylic acids is 1. The van der Waals surface area contributed by atoms with Crippen molar-refractivity contribution in [2.24, 2.45) is 5.41 Å². The molecule has 2 aromatic rings. The van der Waals surface area contributed by atoms with E-state index in [2.05, 4.69) is 34.9 Å². The molecule has 34 heavy (non-hydrogen) atoms. The smallest absolute Gasteiger partial charge is 0.407 e. The van der Waals surface area contributed by atoms with Gasteiger partial charge in [0, 0.05) is 18.2 Å². The lowest BCUT2D eigenvalue weighted by molar-refractivity contribution is -0.133. The predicted octanol–water partition coefficient (Wildman–Crippen LogP) is 4.26. The quantitative estimate of drug-likeness (QED) is 0.435. The van der Waals surface area contributed by atoms with Crippen LogP contribution < -0.4 is 10.6 Å². The van der Waals surface area contributed by atoms with Crippen molar-refractivity contribution in [2.75, 3.05) is 24.7 Å². The number of carbonyl (C=O) groups excluding carboxylic acids is 2. The van der Waals surface area contributed by atoms with Gasteiger partial charge in [0.25, 0.3) is 0 Å². The van der Waals surface area contributed by atoms with Gasteiger partial charge in [-0.05, 0) is 34.1 Å². The largest absolute Gasteiger partial charge is 0.481 e. The molecule has 182 valence electrons. The molecule has 1 atom stereocenters. The number of alkyl carbamates (subject to hydrolysis) is 1. The number of hydrogen-bond acceptors (Lipinski definition) is 5. The normalized spacial score (nSPS) is 13.5. The Balaban J connectivity index is 1.59. The maximum atomic E-state index is 12.7. The first-order valence-electron chi connectivity index (χ1n) is 11.3. The Morgan fingerprint density at radius 2 is 1.62 bits per heavy atom. The van der Waals surface area contributed by atoms with Crippen LogP contribution in [-0.4, -0.2) is 53.8 Å². The summed E-state index contributed by atoms with van der Waals surface area (Å²) in [5.74, 6) is -0.789. The van der Waals surface area contributed by atoms with E-state index in [9.17, 15) is 14.4 Å². The summed E-state index contributed by atoms with van der Waals surface area (Å²) in [6, 6.07) is 15.5. The first-order valence-corrected chi connectivity index (χ1v) is 12.5. The molecule has 2 aromatic carbocycles. The number of fused-ring (bicyclic) bond motifs is 3. The van der Waals surface area contributed by atoms with Crippen molar-refractivity contribution in [3.8, 4) is 11.1 Å². The molecule has 0 saturated carbocycles. The zero-order valence-corrected chi connectivity index (χ0v) is 20.6. The molecule has 0 radical (unpaired) electrons. The van der Waals surface area contributed by atoms with Crippen molar-refractivity contribution in [1.82, 2.24) is 10.6 Å². The predicted molar refractivity (Wildman–Crippen MR) is 134 cm³/mol. The third kappa shape index (κ3) is 7.00. The van der Waals surface area contributed by atoms with E-state index < -0.39 is 18.1 Å². The number of nitrogens with one attached hydrogen (secondary N) is 2. The number of thioether (sulfide) groups is 1. The van der Waals surface area contributed by atoms with E-state index in [4.69, 9.17) is 9.84 Å². The molecule has 2 amide bonds. The monoisotopic (exact) mass is 484 g/mol. The van der Waals surface area contributed by atoms with Gasteiger partial charge in [0.05, 0.1) is 5.75 Å². The Hall–Kier alpha value is -3.00. The van der Waals surface area contributed by atoms with Crippen LogP contribution in [0.4, 0.5) is 4.79 Å². The molecule has 1 aliphatic carbocycles. The van der Waals surface area contributed by atoms with Crippen LogP contribution in [0.25, 0.3) is 11.1 Å². The number of benzene rings is 2. The van der Waals surface area contributed by atoms with Crippen molar-refractivity contribution in [3.63, 3.8) is 0 Å². The van der Waals surface area contributed by atoms with Crippen molar-refractivity contribution in [3.05, 3.63) is 59.7 Å². The lowest BCUT2D eigenvalue weighted by Gasteiger charge is -2.26. The molecule has 1 unspecified atom stereocenters. The van der Waals surface area contributed by atoms with Gasteiger partial charge in [-0.15, -0.1) is 11.8 Å². The van der Waals surface area contributed by atoms with Crippen molar-refractivity contribution < 1.29 is 24.2 Å². The molecule has 0 saturated heterocycles. The Bertz CT molecular complexity index is 988. The molecule has 0 aliphatic heterocycles. The van der Waals surface area contributed by atoms with Gasteiger partial charge in [0.2, 0.25) is 5.91 Å². The average Bonchev–Trinajstić information content (AvgIpc) is 3.09. The van der Waals surface area contributed by atoms with E-state index >= 15 is 0 Å². The molecule has 3 rings (SSSR count). The van der Waals surface area contributed by atoms with Crippen LogP contribution in [0.3, 0.4) is 0 Å². The molecule has 8 heteroatoms. The lowest BCUT2D eigenvalue weighted by Crippen LogP contribution is -2.49. The molecule has 0 heterocycles. The van der Waals surface area contributed by atoms with E-state index in [-0.39, 0.29) is 29.6 Å². The summed E-state index contributed by atoms with van der Waals surface area (Å²) in [5, 5.41) is 14.2. The summed E-state index contributed by atoms with van der Waals surface area (Å²) in [6.45, 7) is 6.49. The molecule has 0 bridgehead atoms. The zero-order valence-electron chi connectivity index (χ0n) is 19.8. The molecule has 7 nitrogen and oxygen atoms in total. The molecular weight excluding hydrogens is 452 g/mol. The van der Waals surface area contributed by atoms with Gasteiger partial charge in [0.15, 0.2) is 0 Å². The summed E-state index contributed by atoms with van der Waals surface area (Å²) < 4.78 is 5.60. The van der Waals surface area contributed by atoms with Gasteiger partial charge in [-0.25, -0.2) is 4.79 Å². The number of carbonyl (C=O) groups is 3. The Kier molecular flexibility index (Phi) is 8.61. The minimum absolute atomic E-state index is 0.0146.